The Morgan fingerprint density at radius 3 is 2.39 bits per heavy atom. The summed E-state index contributed by atoms with van der Waals surface area (Å²) in [6.07, 6.45) is -0.973. The van der Waals surface area contributed by atoms with E-state index in [1.54, 1.807) is 54.6 Å². The number of hydrogen-bond donors (Lipinski definition) is 1. The number of amides is 1. The molecular formula is C26H22N2O4S. The van der Waals surface area contributed by atoms with Gasteiger partial charge in [-0.1, -0.05) is 66.7 Å². The number of nitrogens with one attached hydrogen (secondary N) is 1. The minimum Gasteiger partial charge on any atom is -0.476 e. The predicted molar refractivity (Wildman–Crippen MR) is 128 cm³/mol. The molecule has 0 saturated heterocycles. The highest BCUT2D eigenvalue weighted by atomic mass is 32.2. The molecular weight excluding hydrogens is 436 g/mol. The smallest absolute Gasteiger partial charge is 0.264 e. The first kappa shape index (κ1) is 21.0. The van der Waals surface area contributed by atoms with Crippen molar-refractivity contribution in [3.63, 3.8) is 0 Å². The molecule has 33 heavy (non-hydrogen) atoms. The zero-order chi connectivity index (χ0) is 22.8. The van der Waals surface area contributed by atoms with Crippen LogP contribution < -0.4 is 14.4 Å². The van der Waals surface area contributed by atoms with E-state index in [1.807, 2.05) is 42.5 Å². The molecule has 4 aromatic carbocycles. The summed E-state index contributed by atoms with van der Waals surface area (Å²) in [5.74, 6) is -0.0139. The standard InChI is InChI=1S/C26H22N2O4S/c29-26(27-17-19-14-15-20-8-4-5-9-21(20)16-19)25-18-28(23-12-6-7-13-24(23)32-25)33(30,31)22-10-2-1-3-11-22/h1-16,25H,17-18H2,(H,27,29). The fourth-order valence-corrected chi connectivity index (χ4v) is 5.43. The summed E-state index contributed by atoms with van der Waals surface area (Å²) in [7, 11) is -3.86. The molecule has 1 aliphatic heterocycles. The molecule has 5 rings (SSSR count). The number of para-hydroxylation sites is 2. The lowest BCUT2D eigenvalue weighted by atomic mass is 10.1. The molecule has 1 heterocycles. The van der Waals surface area contributed by atoms with Gasteiger partial charge in [-0.25, -0.2) is 8.42 Å². The monoisotopic (exact) mass is 458 g/mol. The molecule has 166 valence electrons. The van der Waals surface area contributed by atoms with Gasteiger partial charge < -0.3 is 10.1 Å². The van der Waals surface area contributed by atoms with Crippen molar-refractivity contribution in [2.24, 2.45) is 0 Å². The maximum absolute atomic E-state index is 13.4. The van der Waals surface area contributed by atoms with E-state index in [1.165, 1.54) is 4.31 Å². The lowest BCUT2D eigenvalue weighted by molar-refractivity contribution is -0.127. The molecule has 0 radical (unpaired) electrons. The zero-order valence-electron chi connectivity index (χ0n) is 17.7. The highest BCUT2D eigenvalue weighted by molar-refractivity contribution is 7.92. The summed E-state index contributed by atoms with van der Waals surface area (Å²) in [5.41, 5.74) is 1.37. The molecule has 0 bridgehead atoms. The maximum Gasteiger partial charge on any atom is 0.264 e. The molecule has 6 nitrogen and oxygen atoms in total. The molecule has 0 aromatic heterocycles. The average molecular weight is 459 g/mol. The number of fused-ring (bicyclic) bond motifs is 2. The van der Waals surface area contributed by atoms with Crippen molar-refractivity contribution in [1.82, 2.24) is 5.32 Å². The minimum absolute atomic E-state index is 0.113. The van der Waals surface area contributed by atoms with E-state index in [9.17, 15) is 13.2 Å². The van der Waals surface area contributed by atoms with E-state index in [2.05, 4.69) is 5.32 Å². The van der Waals surface area contributed by atoms with Gasteiger partial charge in [0.05, 0.1) is 17.1 Å². The van der Waals surface area contributed by atoms with Crippen molar-refractivity contribution in [3.05, 3.63) is 103 Å². The van der Waals surface area contributed by atoms with Gasteiger partial charge in [0.15, 0.2) is 6.10 Å². The number of hydrogen-bond acceptors (Lipinski definition) is 4. The van der Waals surface area contributed by atoms with Crippen LogP contribution in [0.3, 0.4) is 0 Å². The minimum atomic E-state index is -3.86. The first-order valence-corrected chi connectivity index (χ1v) is 12.1. The average Bonchev–Trinajstić information content (AvgIpc) is 2.87. The maximum atomic E-state index is 13.4. The molecule has 1 N–H and O–H groups in total. The first-order valence-electron chi connectivity index (χ1n) is 10.6. The number of sulfonamides is 1. The van der Waals surface area contributed by atoms with Gasteiger partial charge in [0.25, 0.3) is 15.9 Å². The molecule has 0 aliphatic carbocycles. The summed E-state index contributed by atoms with van der Waals surface area (Å²) in [6.45, 7) is 0.203. The molecule has 0 fully saturated rings. The second kappa shape index (κ2) is 8.60. The zero-order valence-corrected chi connectivity index (χ0v) is 18.5. The molecule has 1 unspecified atom stereocenters. The SMILES string of the molecule is O=C(NCc1ccc2ccccc2c1)C1CN(S(=O)(=O)c2ccccc2)c2ccccc2O1. The van der Waals surface area contributed by atoms with Gasteiger partial charge in [-0.05, 0) is 46.7 Å². The third-order valence-corrected chi connectivity index (χ3v) is 7.43. The van der Waals surface area contributed by atoms with Crippen molar-refractivity contribution >= 4 is 32.4 Å². The van der Waals surface area contributed by atoms with Crippen LogP contribution in [0.5, 0.6) is 5.75 Å². The number of ether oxygens (including phenoxy) is 1. The first-order chi connectivity index (χ1) is 16.0. The van der Waals surface area contributed by atoms with Gasteiger partial charge >= 0.3 is 0 Å². The van der Waals surface area contributed by atoms with Crippen molar-refractivity contribution in [1.29, 1.82) is 0 Å². The van der Waals surface area contributed by atoms with Crippen LogP contribution in [-0.2, 0) is 21.4 Å². The lowest BCUT2D eigenvalue weighted by Gasteiger charge is -2.34. The van der Waals surface area contributed by atoms with Crippen molar-refractivity contribution in [2.45, 2.75) is 17.5 Å². The molecule has 1 atom stereocenters. The van der Waals surface area contributed by atoms with Crippen LogP contribution in [0.25, 0.3) is 10.8 Å². The molecule has 7 heteroatoms. The van der Waals surface area contributed by atoms with Crippen molar-refractivity contribution in [2.75, 3.05) is 10.8 Å². The summed E-state index contributed by atoms with van der Waals surface area (Å²) in [6, 6.07) is 29.1. The second-order valence-electron chi connectivity index (χ2n) is 7.82. The lowest BCUT2D eigenvalue weighted by Crippen LogP contribution is -2.50. The number of rotatable bonds is 5. The van der Waals surface area contributed by atoms with E-state index < -0.39 is 16.1 Å². The molecule has 0 spiro atoms. The van der Waals surface area contributed by atoms with Crippen LogP contribution >= 0.6 is 0 Å². The Bertz CT molecular complexity index is 1420. The largest absolute Gasteiger partial charge is 0.476 e. The van der Waals surface area contributed by atoms with Crippen LogP contribution in [0.15, 0.2) is 102 Å². The van der Waals surface area contributed by atoms with Crippen LogP contribution in [-0.4, -0.2) is 27.0 Å². The van der Waals surface area contributed by atoms with Gasteiger partial charge in [-0.2, -0.15) is 0 Å². The molecule has 1 aliphatic rings. The Morgan fingerprint density at radius 2 is 1.58 bits per heavy atom. The Balaban J connectivity index is 1.38. The summed E-state index contributed by atoms with van der Waals surface area (Å²) in [5, 5.41) is 5.11. The van der Waals surface area contributed by atoms with E-state index in [0.29, 0.717) is 18.0 Å². The van der Waals surface area contributed by atoms with Gasteiger partial charge in [0, 0.05) is 6.54 Å². The van der Waals surface area contributed by atoms with Crippen LogP contribution in [0, 0.1) is 0 Å². The van der Waals surface area contributed by atoms with Crippen molar-refractivity contribution in [3.8, 4) is 5.75 Å². The Kier molecular flexibility index (Phi) is 5.48. The van der Waals surface area contributed by atoms with Gasteiger partial charge in [-0.15, -0.1) is 0 Å². The van der Waals surface area contributed by atoms with Crippen LogP contribution in [0.4, 0.5) is 5.69 Å². The highest BCUT2D eigenvalue weighted by Crippen LogP contribution is 2.36. The number of carbonyl (C=O) groups is 1. The topological polar surface area (TPSA) is 75.7 Å². The summed E-state index contributed by atoms with van der Waals surface area (Å²) < 4.78 is 33.9. The van der Waals surface area contributed by atoms with E-state index in [0.717, 1.165) is 16.3 Å². The van der Waals surface area contributed by atoms with E-state index in [4.69, 9.17) is 4.74 Å². The Morgan fingerprint density at radius 1 is 0.879 bits per heavy atom. The van der Waals surface area contributed by atoms with Crippen LogP contribution in [0.2, 0.25) is 0 Å². The molecule has 4 aromatic rings. The second-order valence-corrected chi connectivity index (χ2v) is 9.69. The molecule has 1 amide bonds. The summed E-state index contributed by atoms with van der Waals surface area (Å²) in [4.78, 5) is 13.2. The number of carbonyl (C=O) groups excluding carboxylic acids is 1. The highest BCUT2D eigenvalue weighted by Gasteiger charge is 2.37. The normalized spacial score (nSPS) is 15.5. The van der Waals surface area contributed by atoms with Crippen LogP contribution in [0.1, 0.15) is 5.56 Å². The predicted octanol–water partition coefficient (Wildman–Crippen LogP) is 4.11. The fourth-order valence-electron chi connectivity index (χ4n) is 3.94. The number of nitrogens with zero attached hydrogens (tertiary/aromatic N) is 1. The Labute approximate surface area is 192 Å². The third kappa shape index (κ3) is 4.15. The third-order valence-electron chi connectivity index (χ3n) is 5.64. The quantitative estimate of drug-likeness (QED) is 0.488. The summed E-state index contributed by atoms with van der Waals surface area (Å²) >= 11 is 0. The van der Waals surface area contributed by atoms with E-state index >= 15 is 0 Å². The van der Waals surface area contributed by atoms with Gasteiger partial charge in [0.2, 0.25) is 0 Å². The number of benzene rings is 4. The molecule has 0 saturated carbocycles. The Hall–Kier alpha value is -3.84. The fraction of sp³-hybridized carbons (Fsp3) is 0.115. The van der Waals surface area contributed by atoms with Gasteiger partial charge in [-0.3, -0.25) is 9.10 Å². The van der Waals surface area contributed by atoms with Crippen molar-refractivity contribution < 1.29 is 17.9 Å². The van der Waals surface area contributed by atoms with E-state index in [-0.39, 0.29) is 17.3 Å². The van der Waals surface area contributed by atoms with Gasteiger partial charge in [0.1, 0.15) is 5.75 Å². The number of anilines is 1.